The van der Waals surface area contributed by atoms with Gasteiger partial charge in [-0.15, -0.1) is 11.3 Å². The molecule has 0 amide bonds. The molecule has 0 unspecified atom stereocenters. The molecule has 0 aliphatic heterocycles. The van der Waals surface area contributed by atoms with Crippen LogP contribution in [-0.4, -0.2) is 166 Å². The standard InChI is InChI=1S/C12H10N2O8S.7H2O.2Sr/c13-2-6-5(1-7(15)16)10(12(21)22)23-11(6)14(3-8(17)18)4-9(19)20;;;;;;;;;/h1,3-4H2,(H,15,16)(H,17,18)(H,19,20)(H,21,22);7*1H2;;/q;;;;;;;;2*+2/p-4. The average Bonchev–Trinajstić information content (AvgIpc) is 2.74. The van der Waals surface area contributed by atoms with Gasteiger partial charge in [-0.25, -0.2) is 0 Å². The molecule has 1 heterocycles. The fourth-order valence-corrected chi connectivity index (χ4v) is 2.88. The van der Waals surface area contributed by atoms with Crippen molar-refractivity contribution >= 4 is 131 Å². The normalized spacial score (nSPS) is 7.09. The average molecular weight is 640 g/mol. The number of nitriles is 1. The van der Waals surface area contributed by atoms with Crippen molar-refractivity contribution in [3.05, 3.63) is 16.0 Å². The van der Waals surface area contributed by atoms with E-state index in [1.54, 1.807) is 0 Å². The number of carbonyl (C=O) groups is 4. The van der Waals surface area contributed by atoms with Gasteiger partial charge in [0.25, 0.3) is 0 Å². The maximum Gasteiger partial charge on any atom is 2.00 e. The molecule has 17 nitrogen and oxygen atoms in total. The van der Waals surface area contributed by atoms with Crippen molar-refractivity contribution in [2.24, 2.45) is 0 Å². The molecule has 0 radical (unpaired) electrons. The maximum atomic E-state index is 11.1. The zero-order valence-electron chi connectivity index (χ0n) is 16.1. The summed E-state index contributed by atoms with van der Waals surface area (Å²) < 4.78 is 0. The van der Waals surface area contributed by atoms with Gasteiger partial charge in [-0.1, -0.05) is 0 Å². The first-order valence-corrected chi connectivity index (χ1v) is 6.60. The Balaban J connectivity index is -0.0000000840. The van der Waals surface area contributed by atoms with Crippen LogP contribution in [0.2, 0.25) is 0 Å². The SMILES string of the molecule is N#Cc1c(N(CC(=O)[O-])CC(=O)[O-])sc(C(=O)[O-])c1CC(=O)[O-].O.O.O.O.O.O.O.[Sr+2].[Sr+2]. The fourth-order valence-electron chi connectivity index (χ4n) is 1.78. The Kier molecular flexibility index (Phi) is 48.5. The Morgan fingerprint density at radius 3 is 1.41 bits per heavy atom. The van der Waals surface area contributed by atoms with Gasteiger partial charge >= 0.3 is 91.0 Å². The van der Waals surface area contributed by atoms with E-state index < -0.39 is 59.4 Å². The van der Waals surface area contributed by atoms with Crippen molar-refractivity contribution in [2.45, 2.75) is 6.42 Å². The first kappa shape index (κ1) is 57.9. The number of aliphatic carboxylic acids is 3. The number of anilines is 1. The van der Waals surface area contributed by atoms with E-state index in [0.717, 1.165) is 0 Å². The van der Waals surface area contributed by atoms with Crippen LogP contribution in [0, 0.1) is 11.3 Å². The number of hydrogen-bond acceptors (Lipinski definition) is 11. The Bertz CT molecular complexity index is 721. The van der Waals surface area contributed by atoms with Crippen LogP contribution in [0.4, 0.5) is 5.00 Å². The first-order valence-electron chi connectivity index (χ1n) is 5.79. The number of thiophene rings is 1. The van der Waals surface area contributed by atoms with Gasteiger partial charge in [0.1, 0.15) is 11.1 Å². The molecule has 0 fully saturated rings. The van der Waals surface area contributed by atoms with Crippen molar-refractivity contribution in [3.8, 4) is 6.07 Å². The quantitative estimate of drug-likeness (QED) is 0.242. The molecule has 14 N–H and O–H groups in total. The zero-order valence-corrected chi connectivity index (χ0v) is 23.9. The van der Waals surface area contributed by atoms with E-state index in [1.165, 1.54) is 6.07 Å². The van der Waals surface area contributed by atoms with Crippen LogP contribution in [0.1, 0.15) is 20.8 Å². The topological polar surface area (TPSA) is 408 Å². The maximum absolute atomic E-state index is 11.1. The second-order valence-electron chi connectivity index (χ2n) is 4.14. The summed E-state index contributed by atoms with van der Waals surface area (Å²) in [4.78, 5) is 43.1. The summed E-state index contributed by atoms with van der Waals surface area (Å²) in [6.07, 6.45) is -0.937. The number of carboxylic acid groups (broad SMARTS) is 4. The van der Waals surface area contributed by atoms with Crippen LogP contribution in [0.3, 0.4) is 0 Å². The van der Waals surface area contributed by atoms with Gasteiger partial charge in [0, 0.05) is 12.4 Å². The van der Waals surface area contributed by atoms with Crippen LogP contribution in [-0.2, 0) is 20.8 Å². The van der Waals surface area contributed by atoms with E-state index in [-0.39, 0.29) is 134 Å². The van der Waals surface area contributed by atoms with Crippen molar-refractivity contribution in [3.63, 3.8) is 0 Å². The number of carboxylic acids is 4. The predicted molar refractivity (Wildman–Crippen MR) is 101 cm³/mol. The van der Waals surface area contributed by atoms with Crippen molar-refractivity contribution in [1.82, 2.24) is 0 Å². The molecule has 20 heteroatoms. The molecule has 1 rings (SSSR count). The van der Waals surface area contributed by atoms with Gasteiger partial charge in [-0.3, -0.25) is 0 Å². The summed E-state index contributed by atoms with van der Waals surface area (Å²) in [5, 5.41) is 51.9. The predicted octanol–water partition coefficient (Wildman–Crippen LogP) is -12.0. The minimum Gasteiger partial charge on any atom is -0.550 e. The van der Waals surface area contributed by atoms with Crippen LogP contribution in [0.5, 0.6) is 0 Å². The molecule has 0 saturated carbocycles. The van der Waals surface area contributed by atoms with E-state index >= 15 is 0 Å². The number of carbonyl (C=O) groups excluding carboxylic acids is 4. The Morgan fingerprint density at radius 1 is 0.781 bits per heavy atom. The fraction of sp³-hybridized carbons (Fsp3) is 0.250. The van der Waals surface area contributed by atoms with Crippen LogP contribution in [0.25, 0.3) is 0 Å². The molecule has 1 aromatic heterocycles. The Morgan fingerprint density at radius 2 is 1.16 bits per heavy atom. The van der Waals surface area contributed by atoms with Crippen LogP contribution in [0.15, 0.2) is 0 Å². The van der Waals surface area contributed by atoms with E-state index in [0.29, 0.717) is 16.2 Å². The minimum absolute atomic E-state index is 0. The van der Waals surface area contributed by atoms with E-state index in [2.05, 4.69) is 0 Å². The smallest absolute Gasteiger partial charge is 0.550 e. The van der Waals surface area contributed by atoms with E-state index in [9.17, 15) is 39.6 Å². The minimum atomic E-state index is -1.80. The molecule has 0 bridgehead atoms. The van der Waals surface area contributed by atoms with Gasteiger partial charge < -0.3 is 82.8 Å². The van der Waals surface area contributed by atoms with Gasteiger partial charge in [0.05, 0.1) is 41.4 Å². The number of rotatable bonds is 8. The zero-order chi connectivity index (χ0) is 17.7. The summed E-state index contributed by atoms with van der Waals surface area (Å²) in [7, 11) is 0. The summed E-state index contributed by atoms with van der Waals surface area (Å²) in [6.45, 7) is -1.94. The molecule has 0 spiro atoms. The van der Waals surface area contributed by atoms with Crippen LogP contribution >= 0.6 is 11.3 Å². The number of hydrogen-bond donors (Lipinski definition) is 0. The largest absolute Gasteiger partial charge is 2.00 e. The van der Waals surface area contributed by atoms with Gasteiger partial charge in [-0.05, 0) is 5.56 Å². The Labute approximate surface area is 257 Å². The summed E-state index contributed by atoms with van der Waals surface area (Å²) in [5.41, 5.74) is -0.935. The monoisotopic (exact) mass is 640 g/mol. The third-order valence-corrected chi connectivity index (χ3v) is 3.81. The molecule has 0 aliphatic rings. The molecule has 0 saturated heterocycles. The molecule has 178 valence electrons. The third-order valence-electron chi connectivity index (χ3n) is 2.53. The molecule has 0 aliphatic carbocycles. The van der Waals surface area contributed by atoms with Gasteiger partial charge in [-0.2, -0.15) is 5.26 Å². The van der Waals surface area contributed by atoms with Crippen molar-refractivity contribution < 1.29 is 77.9 Å². The van der Waals surface area contributed by atoms with E-state index in [1.807, 2.05) is 0 Å². The van der Waals surface area contributed by atoms with Gasteiger partial charge in [0.2, 0.25) is 0 Å². The molecule has 0 atom stereocenters. The molecule has 1 aromatic rings. The molecule has 0 aromatic carbocycles. The Hall–Kier alpha value is -0.449. The molecule has 32 heavy (non-hydrogen) atoms. The van der Waals surface area contributed by atoms with Gasteiger partial charge in [0.15, 0.2) is 0 Å². The number of aromatic carboxylic acids is 1. The first-order chi connectivity index (χ1) is 10.7. The van der Waals surface area contributed by atoms with E-state index in [4.69, 9.17) is 5.26 Å². The van der Waals surface area contributed by atoms with Crippen LogP contribution < -0.4 is 25.3 Å². The second kappa shape index (κ2) is 26.8. The van der Waals surface area contributed by atoms with Crippen molar-refractivity contribution in [1.29, 1.82) is 5.26 Å². The summed E-state index contributed by atoms with van der Waals surface area (Å²) in [5.74, 6) is -6.87. The third kappa shape index (κ3) is 17.1. The molecular weight excluding hydrogens is 619 g/mol. The summed E-state index contributed by atoms with van der Waals surface area (Å²) in [6, 6.07) is 1.53. The van der Waals surface area contributed by atoms with Crippen molar-refractivity contribution in [2.75, 3.05) is 18.0 Å². The second-order valence-corrected chi connectivity index (χ2v) is 5.14. The summed E-state index contributed by atoms with van der Waals surface area (Å²) >= 11 is 0.321. The number of nitrogens with zero attached hydrogens (tertiary/aromatic N) is 2. The molecular formula is C12H20N2O15SSr2.